The predicted octanol–water partition coefficient (Wildman–Crippen LogP) is 0.913. The standard InChI is InChI=1S/C15H26F2N2O3/c1-2-22-14(21)15(16,17)11-4-3-5-12(6-11)19-8-10-7-18-9-13(10)20/h10-13,18-20H,2-9H2,1H3. The Morgan fingerprint density at radius 3 is 2.82 bits per heavy atom. The molecule has 128 valence electrons. The molecule has 0 aromatic heterocycles. The second-order valence-corrected chi connectivity index (χ2v) is 6.30. The highest BCUT2D eigenvalue weighted by Crippen LogP contribution is 2.37. The van der Waals surface area contributed by atoms with Crippen LogP contribution in [0.25, 0.3) is 0 Å². The molecular formula is C15H26F2N2O3. The summed E-state index contributed by atoms with van der Waals surface area (Å²) in [6.45, 7) is 3.43. The minimum absolute atomic E-state index is 0.0324. The van der Waals surface area contributed by atoms with Gasteiger partial charge in [-0.3, -0.25) is 0 Å². The highest BCUT2D eigenvalue weighted by atomic mass is 19.3. The number of nitrogens with one attached hydrogen (secondary N) is 2. The lowest BCUT2D eigenvalue weighted by Crippen LogP contribution is -2.46. The minimum atomic E-state index is -3.41. The number of aliphatic hydroxyl groups is 1. The molecule has 2 rings (SSSR count). The van der Waals surface area contributed by atoms with Gasteiger partial charge in [0.15, 0.2) is 0 Å². The van der Waals surface area contributed by atoms with Crippen LogP contribution in [0.1, 0.15) is 32.6 Å². The van der Waals surface area contributed by atoms with E-state index in [-0.39, 0.29) is 31.1 Å². The Bertz CT molecular complexity index is 382. The fourth-order valence-corrected chi connectivity index (χ4v) is 3.34. The molecule has 4 unspecified atom stereocenters. The molecule has 7 heteroatoms. The maximum atomic E-state index is 14.1. The molecule has 0 bridgehead atoms. The topological polar surface area (TPSA) is 70.6 Å². The summed E-state index contributed by atoms with van der Waals surface area (Å²) in [6, 6.07) is -0.0353. The van der Waals surface area contributed by atoms with E-state index in [0.717, 1.165) is 13.0 Å². The zero-order chi connectivity index (χ0) is 16.2. The fraction of sp³-hybridized carbons (Fsp3) is 0.933. The smallest absolute Gasteiger partial charge is 0.377 e. The Morgan fingerprint density at radius 1 is 1.41 bits per heavy atom. The van der Waals surface area contributed by atoms with Crippen LogP contribution in [0.15, 0.2) is 0 Å². The summed E-state index contributed by atoms with van der Waals surface area (Å²) in [4.78, 5) is 11.4. The zero-order valence-corrected chi connectivity index (χ0v) is 13.0. The first-order valence-corrected chi connectivity index (χ1v) is 8.12. The first-order chi connectivity index (χ1) is 10.4. The van der Waals surface area contributed by atoms with Gasteiger partial charge in [-0.1, -0.05) is 6.42 Å². The normalized spacial score (nSPS) is 32.9. The molecule has 0 spiro atoms. The van der Waals surface area contributed by atoms with Crippen molar-refractivity contribution in [3.05, 3.63) is 0 Å². The van der Waals surface area contributed by atoms with Gasteiger partial charge < -0.3 is 20.5 Å². The van der Waals surface area contributed by atoms with Crippen LogP contribution < -0.4 is 10.6 Å². The minimum Gasteiger partial charge on any atom is -0.462 e. The van der Waals surface area contributed by atoms with Crippen LogP contribution in [0.2, 0.25) is 0 Å². The predicted molar refractivity (Wildman–Crippen MR) is 77.7 cm³/mol. The number of alkyl halides is 2. The first-order valence-electron chi connectivity index (χ1n) is 8.12. The van der Waals surface area contributed by atoms with Crippen molar-refractivity contribution in [3.63, 3.8) is 0 Å². The zero-order valence-electron chi connectivity index (χ0n) is 13.0. The Kier molecular flexibility index (Phi) is 6.11. The van der Waals surface area contributed by atoms with Crippen LogP contribution in [-0.2, 0) is 9.53 Å². The van der Waals surface area contributed by atoms with Crippen LogP contribution in [-0.4, -0.2) is 55.4 Å². The summed E-state index contributed by atoms with van der Waals surface area (Å²) in [5.41, 5.74) is 0. The average molecular weight is 320 g/mol. The summed E-state index contributed by atoms with van der Waals surface area (Å²) in [7, 11) is 0. The van der Waals surface area contributed by atoms with Crippen molar-refractivity contribution < 1.29 is 23.4 Å². The van der Waals surface area contributed by atoms with Crippen molar-refractivity contribution in [2.24, 2.45) is 11.8 Å². The molecule has 0 aromatic rings. The summed E-state index contributed by atoms with van der Waals surface area (Å²) >= 11 is 0. The average Bonchev–Trinajstić information content (AvgIpc) is 2.91. The van der Waals surface area contributed by atoms with Gasteiger partial charge in [-0.25, -0.2) is 4.79 Å². The first kappa shape index (κ1) is 17.6. The van der Waals surface area contributed by atoms with Crippen LogP contribution in [0.3, 0.4) is 0 Å². The Balaban J connectivity index is 1.84. The molecule has 2 fully saturated rings. The second-order valence-electron chi connectivity index (χ2n) is 6.30. The Labute approximate surface area is 129 Å². The summed E-state index contributed by atoms with van der Waals surface area (Å²) in [5, 5.41) is 16.1. The van der Waals surface area contributed by atoms with Gasteiger partial charge in [0.05, 0.1) is 12.7 Å². The lowest BCUT2D eigenvalue weighted by atomic mass is 9.81. The van der Waals surface area contributed by atoms with Crippen molar-refractivity contribution in [1.29, 1.82) is 0 Å². The van der Waals surface area contributed by atoms with Gasteiger partial charge in [-0.05, 0) is 26.2 Å². The molecule has 1 aliphatic heterocycles. The van der Waals surface area contributed by atoms with Gasteiger partial charge in [0.1, 0.15) is 0 Å². The van der Waals surface area contributed by atoms with E-state index in [1.807, 2.05) is 0 Å². The number of β-amino-alcohol motifs (C(OH)–C–C–N with tert-alkyl or cyclic N) is 1. The quantitative estimate of drug-likeness (QED) is 0.635. The van der Waals surface area contributed by atoms with Crippen molar-refractivity contribution >= 4 is 5.97 Å². The highest BCUT2D eigenvalue weighted by Gasteiger charge is 2.49. The van der Waals surface area contributed by atoms with Gasteiger partial charge in [-0.2, -0.15) is 8.78 Å². The molecule has 1 aliphatic carbocycles. The van der Waals surface area contributed by atoms with E-state index in [1.54, 1.807) is 0 Å². The molecule has 0 radical (unpaired) electrons. The monoisotopic (exact) mass is 320 g/mol. The molecule has 1 heterocycles. The molecule has 5 nitrogen and oxygen atoms in total. The number of rotatable bonds is 6. The van der Waals surface area contributed by atoms with E-state index >= 15 is 0 Å². The molecule has 0 aromatic carbocycles. The Hall–Kier alpha value is -0.790. The fourth-order valence-electron chi connectivity index (χ4n) is 3.34. The van der Waals surface area contributed by atoms with Gasteiger partial charge in [0.25, 0.3) is 0 Å². The van der Waals surface area contributed by atoms with Crippen molar-refractivity contribution in [2.75, 3.05) is 26.2 Å². The lowest BCUT2D eigenvalue weighted by molar-refractivity contribution is -0.182. The third kappa shape index (κ3) is 4.14. The van der Waals surface area contributed by atoms with Crippen LogP contribution >= 0.6 is 0 Å². The molecule has 1 saturated heterocycles. The van der Waals surface area contributed by atoms with E-state index in [2.05, 4.69) is 15.4 Å². The third-order valence-corrected chi connectivity index (χ3v) is 4.71. The molecule has 2 aliphatic rings. The SMILES string of the molecule is CCOC(=O)C(F)(F)C1CCCC(NCC2CNCC2O)C1. The maximum Gasteiger partial charge on any atom is 0.377 e. The van der Waals surface area contributed by atoms with E-state index in [1.165, 1.54) is 6.92 Å². The van der Waals surface area contributed by atoms with Crippen molar-refractivity contribution in [1.82, 2.24) is 10.6 Å². The van der Waals surface area contributed by atoms with E-state index in [0.29, 0.717) is 25.9 Å². The summed E-state index contributed by atoms with van der Waals surface area (Å²) in [6.07, 6.45) is 1.72. The number of esters is 1. The molecule has 3 N–H and O–H groups in total. The van der Waals surface area contributed by atoms with Gasteiger partial charge in [-0.15, -0.1) is 0 Å². The molecule has 22 heavy (non-hydrogen) atoms. The molecule has 1 saturated carbocycles. The van der Waals surface area contributed by atoms with E-state index in [4.69, 9.17) is 0 Å². The van der Waals surface area contributed by atoms with Gasteiger partial charge in [0, 0.05) is 37.5 Å². The van der Waals surface area contributed by atoms with E-state index < -0.39 is 17.8 Å². The second kappa shape index (κ2) is 7.66. The number of halogens is 2. The number of hydrogen-bond acceptors (Lipinski definition) is 5. The molecule has 4 atom stereocenters. The van der Waals surface area contributed by atoms with Crippen LogP contribution in [0.5, 0.6) is 0 Å². The molecule has 0 amide bonds. The highest BCUT2D eigenvalue weighted by molar-refractivity contribution is 5.77. The lowest BCUT2D eigenvalue weighted by Gasteiger charge is -2.34. The number of carbonyl (C=O) groups is 1. The van der Waals surface area contributed by atoms with Crippen LogP contribution in [0.4, 0.5) is 8.78 Å². The van der Waals surface area contributed by atoms with Gasteiger partial charge in [0.2, 0.25) is 0 Å². The van der Waals surface area contributed by atoms with Crippen molar-refractivity contribution in [2.45, 2.75) is 50.7 Å². The number of aliphatic hydroxyl groups excluding tert-OH is 1. The number of ether oxygens (including phenoxy) is 1. The third-order valence-electron chi connectivity index (χ3n) is 4.71. The largest absolute Gasteiger partial charge is 0.462 e. The maximum absolute atomic E-state index is 14.1. The number of hydrogen-bond donors (Lipinski definition) is 3. The Morgan fingerprint density at radius 2 is 2.18 bits per heavy atom. The van der Waals surface area contributed by atoms with Crippen molar-refractivity contribution in [3.8, 4) is 0 Å². The molecular weight excluding hydrogens is 294 g/mol. The summed E-state index contributed by atoms with van der Waals surface area (Å²) < 4.78 is 32.7. The van der Waals surface area contributed by atoms with Crippen LogP contribution in [0, 0.1) is 11.8 Å². The summed E-state index contributed by atoms with van der Waals surface area (Å²) in [5.74, 6) is -5.67. The van der Waals surface area contributed by atoms with E-state index in [9.17, 15) is 18.7 Å². The number of carbonyl (C=O) groups excluding carboxylic acids is 1. The van der Waals surface area contributed by atoms with Gasteiger partial charge >= 0.3 is 11.9 Å².